The lowest BCUT2D eigenvalue weighted by atomic mass is 10.1. The van der Waals surface area contributed by atoms with Gasteiger partial charge in [0.15, 0.2) is 0 Å². The summed E-state index contributed by atoms with van der Waals surface area (Å²) in [6, 6.07) is 2.27. The van der Waals surface area contributed by atoms with E-state index in [4.69, 9.17) is 4.74 Å². The summed E-state index contributed by atoms with van der Waals surface area (Å²) in [5, 5.41) is 0. The molecule has 2 heteroatoms. The van der Waals surface area contributed by atoms with Crippen LogP contribution in [0.1, 0.15) is 28.2 Å². The van der Waals surface area contributed by atoms with E-state index in [0.717, 1.165) is 0 Å². The first-order chi connectivity index (χ1) is 5.68. The van der Waals surface area contributed by atoms with Crippen molar-refractivity contribution >= 4 is 11.3 Å². The lowest BCUT2D eigenvalue weighted by Crippen LogP contribution is -2.08. The van der Waals surface area contributed by atoms with Gasteiger partial charge in [-0.2, -0.15) is 0 Å². The number of methoxy groups -OCH3 is 1. The fourth-order valence-corrected chi connectivity index (χ4v) is 2.79. The Balaban J connectivity index is 2.39. The van der Waals surface area contributed by atoms with Crippen molar-refractivity contribution in [1.82, 2.24) is 0 Å². The van der Waals surface area contributed by atoms with Crippen molar-refractivity contribution in [2.45, 2.75) is 32.3 Å². The van der Waals surface area contributed by atoms with Gasteiger partial charge in [0, 0.05) is 16.9 Å². The normalized spacial score (nSPS) is 19.6. The van der Waals surface area contributed by atoms with Gasteiger partial charge in [0.1, 0.15) is 0 Å². The second-order valence-corrected chi connectivity index (χ2v) is 4.99. The van der Waals surface area contributed by atoms with Gasteiger partial charge in [0.25, 0.3) is 0 Å². The average molecular weight is 182 g/mol. The molecule has 0 aliphatic heterocycles. The minimum absolute atomic E-state index is 0.106. The molecule has 2 rings (SSSR count). The Labute approximate surface area is 77.4 Å². The lowest BCUT2D eigenvalue weighted by molar-refractivity contribution is 0.0788. The van der Waals surface area contributed by atoms with E-state index in [1.165, 1.54) is 28.2 Å². The Hall–Kier alpha value is -0.340. The van der Waals surface area contributed by atoms with E-state index in [0.29, 0.717) is 0 Å². The number of hydrogen-bond donors (Lipinski definition) is 0. The first-order valence-electron chi connectivity index (χ1n) is 4.31. The van der Waals surface area contributed by atoms with Crippen molar-refractivity contribution in [2.75, 3.05) is 7.11 Å². The molecule has 0 bridgehead atoms. The predicted molar refractivity (Wildman–Crippen MR) is 51.7 cm³/mol. The van der Waals surface area contributed by atoms with Crippen LogP contribution in [0.15, 0.2) is 6.07 Å². The summed E-state index contributed by atoms with van der Waals surface area (Å²) in [7, 11) is 1.82. The third-order valence-corrected chi connectivity index (χ3v) is 3.59. The molecule has 1 fully saturated rings. The molecular formula is C10H14OS. The number of rotatable bonds is 2. The molecule has 1 heterocycles. The molecule has 0 N–H and O–H groups in total. The van der Waals surface area contributed by atoms with Crippen LogP contribution in [0.3, 0.4) is 0 Å². The Bertz CT molecular complexity index is 297. The van der Waals surface area contributed by atoms with Gasteiger partial charge in [-0.25, -0.2) is 0 Å². The van der Waals surface area contributed by atoms with Crippen molar-refractivity contribution in [3.8, 4) is 0 Å². The first-order valence-corrected chi connectivity index (χ1v) is 5.12. The molecule has 1 aliphatic rings. The van der Waals surface area contributed by atoms with Gasteiger partial charge in [-0.05, 0) is 38.3 Å². The van der Waals surface area contributed by atoms with Gasteiger partial charge in [-0.3, -0.25) is 0 Å². The Kier molecular flexibility index (Phi) is 1.77. The summed E-state index contributed by atoms with van der Waals surface area (Å²) >= 11 is 1.87. The SMILES string of the molecule is COC1(c2cc(C)sc2C)CC1. The Morgan fingerprint density at radius 2 is 2.08 bits per heavy atom. The van der Waals surface area contributed by atoms with Gasteiger partial charge in [-0.15, -0.1) is 11.3 Å². The van der Waals surface area contributed by atoms with E-state index in [-0.39, 0.29) is 5.60 Å². The third kappa shape index (κ3) is 1.10. The fourth-order valence-electron chi connectivity index (χ4n) is 1.78. The van der Waals surface area contributed by atoms with Crippen molar-refractivity contribution in [3.63, 3.8) is 0 Å². The van der Waals surface area contributed by atoms with Gasteiger partial charge in [-0.1, -0.05) is 0 Å². The highest BCUT2D eigenvalue weighted by atomic mass is 32.1. The molecule has 66 valence electrons. The van der Waals surface area contributed by atoms with Crippen LogP contribution in [0.4, 0.5) is 0 Å². The molecule has 1 aromatic rings. The molecule has 1 aromatic heterocycles. The molecule has 0 amide bonds. The zero-order valence-corrected chi connectivity index (χ0v) is 8.62. The van der Waals surface area contributed by atoms with Crippen LogP contribution in [-0.4, -0.2) is 7.11 Å². The molecule has 0 radical (unpaired) electrons. The van der Waals surface area contributed by atoms with Crippen molar-refractivity contribution in [1.29, 1.82) is 0 Å². The van der Waals surface area contributed by atoms with E-state index in [2.05, 4.69) is 19.9 Å². The van der Waals surface area contributed by atoms with Crippen LogP contribution >= 0.6 is 11.3 Å². The van der Waals surface area contributed by atoms with Gasteiger partial charge in [0.2, 0.25) is 0 Å². The third-order valence-electron chi connectivity index (χ3n) is 2.63. The standard InChI is InChI=1S/C10H14OS/c1-7-6-9(8(2)12-7)10(11-3)4-5-10/h6H,4-5H2,1-3H3. The molecule has 0 spiro atoms. The fraction of sp³-hybridized carbons (Fsp3) is 0.600. The van der Waals surface area contributed by atoms with Crippen LogP contribution < -0.4 is 0 Å². The van der Waals surface area contributed by atoms with E-state index in [1.54, 1.807) is 0 Å². The highest BCUT2D eigenvalue weighted by Crippen LogP contribution is 2.51. The largest absolute Gasteiger partial charge is 0.373 e. The van der Waals surface area contributed by atoms with Crippen LogP contribution in [0.25, 0.3) is 0 Å². The molecule has 1 nitrogen and oxygen atoms in total. The summed E-state index contributed by atoms with van der Waals surface area (Å²) in [5.41, 5.74) is 1.53. The maximum Gasteiger partial charge on any atom is 0.0940 e. The predicted octanol–water partition coefficient (Wildman–Crippen LogP) is 3.00. The minimum Gasteiger partial charge on any atom is -0.373 e. The van der Waals surface area contributed by atoms with Crippen LogP contribution in [0.2, 0.25) is 0 Å². The molecule has 0 unspecified atom stereocenters. The van der Waals surface area contributed by atoms with E-state index in [9.17, 15) is 0 Å². The summed E-state index contributed by atoms with van der Waals surface area (Å²) in [4.78, 5) is 2.82. The second kappa shape index (κ2) is 2.57. The first kappa shape index (κ1) is 8.27. The van der Waals surface area contributed by atoms with E-state index < -0.39 is 0 Å². The molecular weight excluding hydrogens is 168 g/mol. The van der Waals surface area contributed by atoms with Crippen molar-refractivity contribution in [3.05, 3.63) is 21.4 Å². The maximum absolute atomic E-state index is 5.54. The second-order valence-electron chi connectivity index (χ2n) is 3.53. The Morgan fingerprint density at radius 1 is 1.42 bits per heavy atom. The van der Waals surface area contributed by atoms with E-state index >= 15 is 0 Å². The topological polar surface area (TPSA) is 9.23 Å². The zero-order chi connectivity index (χ0) is 8.77. The number of ether oxygens (including phenoxy) is 1. The van der Waals surface area contributed by atoms with Gasteiger partial charge < -0.3 is 4.74 Å². The summed E-state index contributed by atoms with van der Waals surface area (Å²) < 4.78 is 5.54. The number of hydrogen-bond acceptors (Lipinski definition) is 2. The highest BCUT2D eigenvalue weighted by Gasteiger charge is 2.46. The summed E-state index contributed by atoms with van der Waals surface area (Å²) in [6.45, 7) is 4.35. The number of thiophene rings is 1. The quantitative estimate of drug-likeness (QED) is 0.683. The van der Waals surface area contributed by atoms with Crippen molar-refractivity contribution < 1.29 is 4.74 Å². The molecule has 0 saturated heterocycles. The van der Waals surface area contributed by atoms with Crippen LogP contribution in [0.5, 0.6) is 0 Å². The molecule has 12 heavy (non-hydrogen) atoms. The molecule has 1 aliphatic carbocycles. The Morgan fingerprint density at radius 3 is 2.42 bits per heavy atom. The highest BCUT2D eigenvalue weighted by molar-refractivity contribution is 7.12. The molecule has 0 aromatic carbocycles. The van der Waals surface area contributed by atoms with Crippen LogP contribution in [-0.2, 0) is 10.3 Å². The smallest absolute Gasteiger partial charge is 0.0940 e. The minimum atomic E-state index is 0.106. The van der Waals surface area contributed by atoms with Crippen molar-refractivity contribution in [2.24, 2.45) is 0 Å². The monoisotopic (exact) mass is 182 g/mol. The van der Waals surface area contributed by atoms with Crippen LogP contribution in [0, 0.1) is 13.8 Å². The van der Waals surface area contributed by atoms with Gasteiger partial charge in [0.05, 0.1) is 5.60 Å². The average Bonchev–Trinajstić information content (AvgIpc) is 2.74. The number of aryl methyl sites for hydroxylation is 2. The summed E-state index contributed by atoms with van der Waals surface area (Å²) in [5.74, 6) is 0. The van der Waals surface area contributed by atoms with E-state index in [1.807, 2.05) is 18.4 Å². The summed E-state index contributed by atoms with van der Waals surface area (Å²) in [6.07, 6.45) is 2.39. The lowest BCUT2D eigenvalue weighted by Gasteiger charge is -2.12. The molecule has 1 saturated carbocycles. The van der Waals surface area contributed by atoms with Gasteiger partial charge >= 0.3 is 0 Å². The zero-order valence-electron chi connectivity index (χ0n) is 7.81. The molecule has 0 atom stereocenters. The maximum atomic E-state index is 5.54.